The minimum Gasteiger partial charge on any atom is -0.355 e. The first-order chi connectivity index (χ1) is 15.9. The van der Waals surface area contributed by atoms with Gasteiger partial charge < -0.3 is 9.55 Å². The zero-order chi connectivity index (χ0) is 21.1. The number of benzene rings is 4. The summed E-state index contributed by atoms with van der Waals surface area (Å²) in [4.78, 5) is 3.53. The molecule has 0 aliphatic heterocycles. The maximum Gasteiger partial charge on any atom is 0.0560 e. The van der Waals surface area contributed by atoms with Gasteiger partial charge in [-0.25, -0.2) is 0 Å². The number of hydrogen-bond donors (Lipinski definition) is 1. The number of nitrogens with one attached hydrogen (secondary N) is 1. The number of H-pyrrole nitrogens is 1. The minimum atomic E-state index is 0.357. The fraction of sp³-hybridized carbons (Fsp3) is 0.0667. The molecule has 7 rings (SSSR count). The third-order valence-electron chi connectivity index (χ3n) is 6.84. The van der Waals surface area contributed by atoms with E-state index in [1.54, 1.807) is 0 Å². The van der Waals surface area contributed by atoms with Crippen LogP contribution in [0.4, 0.5) is 0 Å². The second kappa shape index (κ2) is 6.73. The Balaban J connectivity index is 1.45. The zero-order valence-corrected chi connectivity index (χ0v) is 17.6. The molecule has 1 unspecified atom stereocenters. The smallest absolute Gasteiger partial charge is 0.0560 e. The molecular formula is C30H22N2. The number of aromatic amines is 1. The molecule has 2 heteroatoms. The lowest BCUT2D eigenvalue weighted by atomic mass is 10.0. The summed E-state index contributed by atoms with van der Waals surface area (Å²) in [6.45, 7) is 0. The van der Waals surface area contributed by atoms with Crippen LogP contribution < -0.4 is 0 Å². The molecule has 0 bridgehead atoms. The van der Waals surface area contributed by atoms with E-state index in [1.165, 1.54) is 54.7 Å². The molecule has 6 aromatic rings. The lowest BCUT2D eigenvalue weighted by molar-refractivity contribution is 0.648. The monoisotopic (exact) mass is 410 g/mol. The molecule has 2 nitrogen and oxygen atoms in total. The average molecular weight is 411 g/mol. The Bertz CT molecular complexity index is 1710. The number of rotatable bonds is 2. The van der Waals surface area contributed by atoms with Crippen molar-refractivity contribution in [1.82, 2.24) is 9.55 Å². The normalized spacial score (nSPS) is 16.1. The van der Waals surface area contributed by atoms with Crippen LogP contribution in [0.3, 0.4) is 0 Å². The van der Waals surface area contributed by atoms with Gasteiger partial charge in [0.05, 0.1) is 6.04 Å². The molecule has 1 N–H and O–H groups in total. The summed E-state index contributed by atoms with van der Waals surface area (Å²) in [5, 5.41) is 5.19. The molecule has 0 spiro atoms. The summed E-state index contributed by atoms with van der Waals surface area (Å²) in [5.74, 6) is 0. The Labute approximate surface area is 186 Å². The van der Waals surface area contributed by atoms with Crippen LogP contribution in [0.5, 0.6) is 0 Å². The summed E-state index contributed by atoms with van der Waals surface area (Å²) in [7, 11) is 0. The summed E-state index contributed by atoms with van der Waals surface area (Å²) >= 11 is 0. The minimum absolute atomic E-state index is 0.357. The van der Waals surface area contributed by atoms with E-state index >= 15 is 0 Å². The molecule has 0 fully saturated rings. The summed E-state index contributed by atoms with van der Waals surface area (Å²) in [6, 6.07) is 31.4. The van der Waals surface area contributed by atoms with Crippen molar-refractivity contribution >= 4 is 43.6 Å². The lowest BCUT2D eigenvalue weighted by Crippen LogP contribution is -2.06. The largest absolute Gasteiger partial charge is 0.355 e. The van der Waals surface area contributed by atoms with E-state index in [0.717, 1.165) is 6.42 Å². The Morgan fingerprint density at radius 2 is 1.34 bits per heavy atom. The fourth-order valence-electron chi connectivity index (χ4n) is 5.33. The van der Waals surface area contributed by atoms with E-state index in [-0.39, 0.29) is 0 Å². The highest BCUT2D eigenvalue weighted by Gasteiger charge is 2.17. The van der Waals surface area contributed by atoms with Crippen molar-refractivity contribution in [1.29, 1.82) is 0 Å². The van der Waals surface area contributed by atoms with Gasteiger partial charge in [0.1, 0.15) is 0 Å². The van der Waals surface area contributed by atoms with Gasteiger partial charge in [-0.3, -0.25) is 0 Å². The van der Waals surface area contributed by atoms with Gasteiger partial charge in [0.25, 0.3) is 0 Å². The van der Waals surface area contributed by atoms with Crippen molar-refractivity contribution in [2.24, 2.45) is 0 Å². The van der Waals surface area contributed by atoms with Crippen LogP contribution in [0.2, 0.25) is 0 Å². The van der Waals surface area contributed by atoms with Crippen LogP contribution in [-0.2, 0) is 0 Å². The van der Waals surface area contributed by atoms with Gasteiger partial charge in [0.15, 0.2) is 0 Å². The molecule has 0 saturated heterocycles. The standard InChI is InChI=1S/C30H22N2/c1-2-8-22(9-3-1)32-29-13-7-5-11-24(29)26-19-21(15-17-30(26)32)20-14-16-28-25(18-20)23-10-4-6-12-27(23)31-28/h1-8,10-19,22,31H,9H2. The maximum absolute atomic E-state index is 3.53. The second-order valence-corrected chi connectivity index (χ2v) is 8.67. The van der Waals surface area contributed by atoms with Gasteiger partial charge in [-0.05, 0) is 53.9 Å². The first-order valence-corrected chi connectivity index (χ1v) is 11.2. The molecule has 32 heavy (non-hydrogen) atoms. The molecule has 0 radical (unpaired) electrons. The van der Waals surface area contributed by atoms with Crippen molar-refractivity contribution in [3.8, 4) is 11.1 Å². The first kappa shape index (κ1) is 17.6. The lowest BCUT2D eigenvalue weighted by Gasteiger charge is -2.18. The van der Waals surface area contributed by atoms with E-state index in [2.05, 4.69) is 119 Å². The van der Waals surface area contributed by atoms with E-state index in [9.17, 15) is 0 Å². The van der Waals surface area contributed by atoms with Crippen molar-refractivity contribution in [2.75, 3.05) is 0 Å². The van der Waals surface area contributed by atoms with Crippen molar-refractivity contribution in [3.05, 3.63) is 109 Å². The average Bonchev–Trinajstić information content (AvgIpc) is 3.39. The molecule has 0 saturated carbocycles. The van der Waals surface area contributed by atoms with Crippen molar-refractivity contribution < 1.29 is 0 Å². The third kappa shape index (κ3) is 2.53. The second-order valence-electron chi connectivity index (χ2n) is 8.67. The highest BCUT2D eigenvalue weighted by atomic mass is 15.0. The van der Waals surface area contributed by atoms with Crippen molar-refractivity contribution in [3.63, 3.8) is 0 Å². The van der Waals surface area contributed by atoms with Crippen LogP contribution >= 0.6 is 0 Å². The van der Waals surface area contributed by atoms with Gasteiger partial charge >= 0.3 is 0 Å². The molecule has 2 heterocycles. The number of hydrogen-bond acceptors (Lipinski definition) is 0. The van der Waals surface area contributed by atoms with Gasteiger partial charge in [0.2, 0.25) is 0 Å². The van der Waals surface area contributed by atoms with Crippen molar-refractivity contribution in [2.45, 2.75) is 12.5 Å². The maximum atomic E-state index is 3.53. The predicted molar refractivity (Wildman–Crippen MR) is 136 cm³/mol. The number of aromatic nitrogens is 2. The number of nitrogens with zero attached hydrogens (tertiary/aromatic N) is 1. The summed E-state index contributed by atoms with van der Waals surface area (Å²) in [5.41, 5.74) is 7.48. The van der Waals surface area contributed by atoms with E-state index in [0.29, 0.717) is 6.04 Å². The van der Waals surface area contributed by atoms with Gasteiger partial charge in [0, 0.05) is 43.6 Å². The van der Waals surface area contributed by atoms with E-state index < -0.39 is 0 Å². The van der Waals surface area contributed by atoms with Crippen LogP contribution in [0, 0.1) is 0 Å². The highest BCUT2D eigenvalue weighted by molar-refractivity contribution is 6.11. The Morgan fingerprint density at radius 1 is 0.625 bits per heavy atom. The predicted octanol–water partition coefficient (Wildman–Crippen LogP) is 8.15. The van der Waals surface area contributed by atoms with E-state index in [1.807, 2.05) is 0 Å². The Morgan fingerprint density at radius 3 is 2.22 bits per heavy atom. The van der Waals surface area contributed by atoms with Crippen LogP contribution in [-0.4, -0.2) is 9.55 Å². The number of allylic oxidation sites excluding steroid dienone is 4. The van der Waals surface area contributed by atoms with Gasteiger partial charge in [-0.15, -0.1) is 0 Å². The third-order valence-corrected chi connectivity index (χ3v) is 6.84. The topological polar surface area (TPSA) is 20.7 Å². The van der Waals surface area contributed by atoms with E-state index in [4.69, 9.17) is 0 Å². The summed E-state index contributed by atoms with van der Waals surface area (Å²) in [6.07, 6.45) is 9.91. The Kier molecular flexibility index (Phi) is 3.71. The molecule has 4 aromatic carbocycles. The van der Waals surface area contributed by atoms with Crippen LogP contribution in [0.1, 0.15) is 12.5 Å². The Hall–Kier alpha value is -4.04. The molecule has 1 aliphatic carbocycles. The molecule has 2 aromatic heterocycles. The molecule has 152 valence electrons. The van der Waals surface area contributed by atoms with Gasteiger partial charge in [-0.1, -0.05) is 72.8 Å². The highest BCUT2D eigenvalue weighted by Crippen LogP contribution is 2.37. The van der Waals surface area contributed by atoms with Crippen LogP contribution in [0.25, 0.3) is 54.7 Å². The first-order valence-electron chi connectivity index (χ1n) is 11.2. The van der Waals surface area contributed by atoms with Crippen LogP contribution in [0.15, 0.2) is 109 Å². The number of fused-ring (bicyclic) bond motifs is 6. The zero-order valence-electron chi connectivity index (χ0n) is 17.6. The number of para-hydroxylation sites is 2. The van der Waals surface area contributed by atoms with Gasteiger partial charge in [-0.2, -0.15) is 0 Å². The molecular weight excluding hydrogens is 388 g/mol. The SMILES string of the molecule is C1=CCC(n2c3ccccc3c3cc(-c4ccc5[nH]c6ccccc6c5c4)ccc32)C=C1. The quantitative estimate of drug-likeness (QED) is 0.297. The fourth-order valence-corrected chi connectivity index (χ4v) is 5.33. The molecule has 1 aliphatic rings. The summed E-state index contributed by atoms with van der Waals surface area (Å²) < 4.78 is 2.50. The molecule has 1 atom stereocenters. The molecule has 0 amide bonds.